The Hall–Kier alpha value is -1.95. The highest BCUT2D eigenvalue weighted by Crippen LogP contribution is 2.41. The van der Waals surface area contributed by atoms with Crippen LogP contribution in [-0.4, -0.2) is 59.4 Å². The van der Waals surface area contributed by atoms with Crippen LogP contribution in [-0.2, 0) is 20.9 Å². The smallest absolute Gasteiger partial charge is 0.228 e. The van der Waals surface area contributed by atoms with Crippen LogP contribution in [0.1, 0.15) is 37.7 Å². The third-order valence-electron chi connectivity index (χ3n) is 6.29. The Balaban J connectivity index is 1.37. The van der Waals surface area contributed by atoms with Crippen molar-refractivity contribution in [2.45, 2.75) is 38.6 Å². The molecule has 0 aliphatic carbocycles. The first-order valence-corrected chi connectivity index (χ1v) is 9.68. The summed E-state index contributed by atoms with van der Waals surface area (Å²) in [6, 6.07) is 3.94. The lowest BCUT2D eigenvalue weighted by Gasteiger charge is -2.47. The summed E-state index contributed by atoms with van der Waals surface area (Å²) in [5.41, 5.74) is 1.29. The van der Waals surface area contributed by atoms with Crippen LogP contribution < -0.4 is 0 Å². The predicted octanol–water partition coefficient (Wildman–Crippen LogP) is 1.85. The fourth-order valence-corrected chi connectivity index (χ4v) is 4.55. The zero-order chi connectivity index (χ0) is 18.0. The molecule has 6 nitrogen and oxygen atoms in total. The molecule has 0 N–H and O–H groups in total. The standard InChI is InChI=1S/C20H27N3O3/c24-18-1-5-20(15-23(18)13-16-2-8-21-9-3-16)6-10-22(11-7-20)19(25)17-4-12-26-14-17/h2-3,8-9,17H,1,4-7,10-15H2/t17-/m0/s1. The van der Waals surface area contributed by atoms with E-state index in [-0.39, 0.29) is 23.1 Å². The topological polar surface area (TPSA) is 62.7 Å². The molecule has 0 bridgehead atoms. The summed E-state index contributed by atoms with van der Waals surface area (Å²) in [6.45, 7) is 4.38. The quantitative estimate of drug-likeness (QED) is 0.828. The summed E-state index contributed by atoms with van der Waals surface area (Å²) < 4.78 is 5.37. The monoisotopic (exact) mass is 357 g/mol. The number of ether oxygens (including phenoxy) is 1. The molecule has 4 heterocycles. The maximum absolute atomic E-state index is 12.6. The summed E-state index contributed by atoms with van der Waals surface area (Å²) >= 11 is 0. The molecule has 26 heavy (non-hydrogen) atoms. The minimum absolute atomic E-state index is 0.0557. The van der Waals surface area contributed by atoms with Gasteiger partial charge < -0.3 is 14.5 Å². The van der Waals surface area contributed by atoms with Crippen LogP contribution in [0.3, 0.4) is 0 Å². The molecule has 1 spiro atoms. The number of piperidine rings is 2. The highest BCUT2D eigenvalue weighted by molar-refractivity contribution is 5.79. The number of hydrogen-bond acceptors (Lipinski definition) is 4. The van der Waals surface area contributed by atoms with E-state index < -0.39 is 0 Å². The number of carbonyl (C=O) groups is 2. The van der Waals surface area contributed by atoms with E-state index in [2.05, 4.69) is 4.98 Å². The summed E-state index contributed by atoms with van der Waals surface area (Å²) in [4.78, 5) is 33.1. The SMILES string of the molecule is O=C1CCC2(CCN(C(=O)[C@H]3CCOC3)CC2)CN1Cc1ccncc1. The molecule has 0 aromatic carbocycles. The van der Waals surface area contributed by atoms with Gasteiger partial charge in [-0.3, -0.25) is 14.6 Å². The van der Waals surface area contributed by atoms with Crippen LogP contribution in [0, 0.1) is 11.3 Å². The summed E-state index contributed by atoms with van der Waals surface area (Å²) in [5.74, 6) is 0.562. The molecule has 1 aromatic heterocycles. The molecule has 1 atom stereocenters. The predicted molar refractivity (Wildman–Crippen MR) is 96.1 cm³/mol. The van der Waals surface area contributed by atoms with E-state index in [1.165, 1.54) is 0 Å². The first-order chi connectivity index (χ1) is 12.7. The molecule has 0 unspecified atom stereocenters. The largest absolute Gasteiger partial charge is 0.381 e. The van der Waals surface area contributed by atoms with Gasteiger partial charge in [0, 0.05) is 51.6 Å². The van der Waals surface area contributed by atoms with E-state index in [9.17, 15) is 9.59 Å². The highest BCUT2D eigenvalue weighted by Gasteiger charge is 2.42. The third kappa shape index (κ3) is 3.61. The second-order valence-corrected chi connectivity index (χ2v) is 7.99. The fourth-order valence-electron chi connectivity index (χ4n) is 4.55. The Morgan fingerprint density at radius 3 is 2.69 bits per heavy atom. The fraction of sp³-hybridized carbons (Fsp3) is 0.650. The van der Waals surface area contributed by atoms with Crippen molar-refractivity contribution in [1.82, 2.24) is 14.8 Å². The van der Waals surface area contributed by atoms with Crippen LogP contribution >= 0.6 is 0 Å². The second-order valence-electron chi connectivity index (χ2n) is 7.99. The number of aromatic nitrogens is 1. The van der Waals surface area contributed by atoms with E-state index >= 15 is 0 Å². The van der Waals surface area contributed by atoms with Crippen molar-refractivity contribution in [3.05, 3.63) is 30.1 Å². The zero-order valence-corrected chi connectivity index (χ0v) is 15.2. The molecule has 2 amide bonds. The van der Waals surface area contributed by atoms with Crippen LogP contribution in [0.4, 0.5) is 0 Å². The molecule has 0 saturated carbocycles. The van der Waals surface area contributed by atoms with E-state index in [1.54, 1.807) is 12.4 Å². The van der Waals surface area contributed by atoms with Gasteiger partial charge in [0.05, 0.1) is 12.5 Å². The van der Waals surface area contributed by atoms with Crippen LogP contribution in [0.5, 0.6) is 0 Å². The number of likely N-dealkylation sites (tertiary alicyclic amines) is 2. The van der Waals surface area contributed by atoms with Gasteiger partial charge in [0.1, 0.15) is 0 Å². The normalized spacial score (nSPS) is 25.7. The van der Waals surface area contributed by atoms with Gasteiger partial charge in [0.25, 0.3) is 0 Å². The van der Waals surface area contributed by atoms with Crippen molar-refractivity contribution in [3.8, 4) is 0 Å². The molecular formula is C20H27N3O3. The van der Waals surface area contributed by atoms with E-state index in [4.69, 9.17) is 4.74 Å². The molecule has 1 aromatic rings. The molecule has 3 fully saturated rings. The van der Waals surface area contributed by atoms with Crippen molar-refractivity contribution in [2.24, 2.45) is 11.3 Å². The Morgan fingerprint density at radius 1 is 1.23 bits per heavy atom. The zero-order valence-electron chi connectivity index (χ0n) is 15.2. The van der Waals surface area contributed by atoms with Crippen molar-refractivity contribution < 1.29 is 14.3 Å². The van der Waals surface area contributed by atoms with Gasteiger partial charge in [-0.25, -0.2) is 0 Å². The molecule has 3 aliphatic rings. The van der Waals surface area contributed by atoms with Crippen LogP contribution in [0.25, 0.3) is 0 Å². The lowest BCUT2D eigenvalue weighted by atomic mass is 9.72. The van der Waals surface area contributed by atoms with Gasteiger partial charge in [-0.2, -0.15) is 0 Å². The van der Waals surface area contributed by atoms with Crippen LogP contribution in [0.2, 0.25) is 0 Å². The van der Waals surface area contributed by atoms with Gasteiger partial charge in [-0.15, -0.1) is 0 Å². The number of carbonyl (C=O) groups excluding carboxylic acids is 2. The second kappa shape index (κ2) is 7.35. The lowest BCUT2D eigenvalue weighted by Crippen LogP contribution is -2.52. The Bertz CT molecular complexity index is 650. The molecule has 6 heteroatoms. The Morgan fingerprint density at radius 2 is 2.00 bits per heavy atom. The summed E-state index contributed by atoms with van der Waals surface area (Å²) in [7, 11) is 0. The van der Waals surface area contributed by atoms with Gasteiger partial charge in [-0.1, -0.05) is 0 Å². The number of amides is 2. The van der Waals surface area contributed by atoms with Crippen LogP contribution in [0.15, 0.2) is 24.5 Å². The van der Waals surface area contributed by atoms with Crippen molar-refractivity contribution in [3.63, 3.8) is 0 Å². The maximum atomic E-state index is 12.6. The maximum Gasteiger partial charge on any atom is 0.228 e. The molecular weight excluding hydrogens is 330 g/mol. The summed E-state index contributed by atoms with van der Waals surface area (Å²) in [6.07, 6.45) is 7.96. The van der Waals surface area contributed by atoms with Gasteiger partial charge in [0.15, 0.2) is 0 Å². The van der Waals surface area contributed by atoms with Gasteiger partial charge in [0.2, 0.25) is 11.8 Å². The van der Waals surface area contributed by atoms with Crippen molar-refractivity contribution in [1.29, 1.82) is 0 Å². The number of nitrogens with zero attached hydrogens (tertiary/aromatic N) is 3. The highest BCUT2D eigenvalue weighted by atomic mass is 16.5. The molecule has 0 radical (unpaired) electrons. The molecule has 3 aliphatic heterocycles. The van der Waals surface area contributed by atoms with E-state index in [0.29, 0.717) is 26.2 Å². The third-order valence-corrected chi connectivity index (χ3v) is 6.29. The average molecular weight is 357 g/mol. The molecule has 140 valence electrons. The minimum atomic E-state index is 0.0557. The molecule has 4 rings (SSSR count). The number of pyridine rings is 1. The van der Waals surface area contributed by atoms with Crippen molar-refractivity contribution >= 4 is 11.8 Å². The Kier molecular flexibility index (Phi) is 4.94. The van der Waals surface area contributed by atoms with Gasteiger partial charge >= 0.3 is 0 Å². The number of rotatable bonds is 3. The lowest BCUT2D eigenvalue weighted by molar-refractivity contribution is -0.144. The van der Waals surface area contributed by atoms with Crippen molar-refractivity contribution in [2.75, 3.05) is 32.8 Å². The van der Waals surface area contributed by atoms with E-state index in [0.717, 1.165) is 50.9 Å². The molecule has 3 saturated heterocycles. The Labute approximate surface area is 154 Å². The summed E-state index contributed by atoms with van der Waals surface area (Å²) in [5, 5.41) is 0. The average Bonchev–Trinajstić information content (AvgIpc) is 3.21. The minimum Gasteiger partial charge on any atom is -0.381 e. The van der Waals surface area contributed by atoms with Gasteiger partial charge in [-0.05, 0) is 48.8 Å². The number of hydrogen-bond donors (Lipinski definition) is 0. The first-order valence-electron chi connectivity index (χ1n) is 9.68. The van der Waals surface area contributed by atoms with E-state index in [1.807, 2.05) is 21.9 Å². The first kappa shape index (κ1) is 17.5.